The molecule has 0 unspecified atom stereocenters. The highest BCUT2D eigenvalue weighted by molar-refractivity contribution is 9.10. The van der Waals surface area contributed by atoms with Crippen molar-refractivity contribution in [1.29, 1.82) is 0 Å². The van der Waals surface area contributed by atoms with E-state index in [0.29, 0.717) is 24.5 Å². The molecule has 1 aliphatic carbocycles. The fourth-order valence-electron chi connectivity index (χ4n) is 5.57. The molecule has 1 atom stereocenters. The summed E-state index contributed by atoms with van der Waals surface area (Å²) in [4.78, 5) is 29.7. The van der Waals surface area contributed by atoms with Crippen LogP contribution in [0.5, 0.6) is 5.75 Å². The van der Waals surface area contributed by atoms with Crippen molar-refractivity contribution in [2.24, 2.45) is 0 Å². The first-order valence-electron chi connectivity index (χ1n) is 15.3. The standard InChI is InChI=1S/C34H42BrN3O5S/c1-4-32(34(40)36-28-13-7-6-8-14-28)37(23-26-12-10-9-11-25(26)3)33(39)24-38(29-17-19-30(20-18-29)43-5-2)44(41,42)31-21-15-27(35)16-22-31/h9-12,15-22,28,32H,4-8,13-14,23-24H2,1-3H3,(H,36,40)/t32-/m0/s1. The lowest BCUT2D eigenvalue weighted by Crippen LogP contribution is -2.54. The maximum Gasteiger partial charge on any atom is 0.264 e. The number of hydrogen-bond acceptors (Lipinski definition) is 5. The summed E-state index contributed by atoms with van der Waals surface area (Å²) in [5.41, 5.74) is 2.20. The number of halogens is 1. The first kappa shape index (κ1) is 33.5. The molecule has 0 radical (unpaired) electrons. The normalized spacial score (nSPS) is 14.5. The van der Waals surface area contributed by atoms with Crippen molar-refractivity contribution in [1.82, 2.24) is 10.2 Å². The fourth-order valence-corrected chi connectivity index (χ4v) is 7.25. The third kappa shape index (κ3) is 8.41. The van der Waals surface area contributed by atoms with Crippen LogP contribution in [0, 0.1) is 6.92 Å². The Morgan fingerprint density at radius 3 is 2.23 bits per heavy atom. The third-order valence-corrected chi connectivity index (χ3v) is 10.4. The number of carbonyl (C=O) groups is 2. The lowest BCUT2D eigenvalue weighted by molar-refractivity contribution is -0.140. The zero-order valence-electron chi connectivity index (χ0n) is 25.7. The van der Waals surface area contributed by atoms with Crippen LogP contribution < -0.4 is 14.4 Å². The van der Waals surface area contributed by atoms with Gasteiger partial charge in [0.2, 0.25) is 11.8 Å². The summed E-state index contributed by atoms with van der Waals surface area (Å²) in [6, 6.07) is 20.0. The number of sulfonamides is 1. The number of aryl methyl sites for hydroxylation is 1. The van der Waals surface area contributed by atoms with E-state index in [4.69, 9.17) is 4.74 Å². The van der Waals surface area contributed by atoms with Crippen LogP contribution in [-0.2, 0) is 26.2 Å². The van der Waals surface area contributed by atoms with Crippen molar-refractivity contribution >= 4 is 43.5 Å². The number of rotatable bonds is 13. The lowest BCUT2D eigenvalue weighted by Gasteiger charge is -2.34. The quantitative estimate of drug-likeness (QED) is 0.219. The van der Waals surface area contributed by atoms with E-state index >= 15 is 0 Å². The van der Waals surface area contributed by atoms with E-state index in [1.54, 1.807) is 41.3 Å². The SMILES string of the molecule is CCOc1ccc(N(CC(=O)N(Cc2ccccc2C)[C@@H](CC)C(=O)NC2CCCCC2)S(=O)(=O)c2ccc(Br)cc2)cc1. The average molecular weight is 685 g/mol. The van der Waals surface area contributed by atoms with Crippen molar-refractivity contribution in [3.63, 3.8) is 0 Å². The molecule has 1 fully saturated rings. The minimum absolute atomic E-state index is 0.0509. The molecule has 1 N–H and O–H groups in total. The number of ether oxygens (including phenoxy) is 1. The zero-order valence-corrected chi connectivity index (χ0v) is 28.1. The highest BCUT2D eigenvalue weighted by atomic mass is 79.9. The molecule has 236 valence electrons. The second-order valence-corrected chi connectivity index (χ2v) is 13.9. The van der Waals surface area contributed by atoms with Gasteiger partial charge in [0, 0.05) is 17.1 Å². The Labute approximate surface area is 270 Å². The van der Waals surface area contributed by atoms with E-state index < -0.39 is 28.5 Å². The van der Waals surface area contributed by atoms with Gasteiger partial charge in [-0.1, -0.05) is 66.4 Å². The van der Waals surface area contributed by atoms with E-state index in [0.717, 1.165) is 52.0 Å². The van der Waals surface area contributed by atoms with Gasteiger partial charge in [0.25, 0.3) is 10.0 Å². The van der Waals surface area contributed by atoms with Gasteiger partial charge in [-0.25, -0.2) is 8.42 Å². The number of benzene rings is 3. The molecule has 0 bridgehead atoms. The smallest absolute Gasteiger partial charge is 0.264 e. The maximum atomic E-state index is 14.3. The Hall–Kier alpha value is -3.37. The summed E-state index contributed by atoms with van der Waals surface area (Å²) in [6.45, 7) is 5.88. The number of amides is 2. The number of hydrogen-bond donors (Lipinski definition) is 1. The Bertz CT molecular complexity index is 1510. The molecule has 2 amide bonds. The summed E-state index contributed by atoms with van der Waals surface area (Å²) in [5, 5.41) is 3.19. The van der Waals surface area contributed by atoms with Crippen LogP contribution in [-0.4, -0.2) is 50.4 Å². The van der Waals surface area contributed by atoms with Gasteiger partial charge < -0.3 is 15.0 Å². The average Bonchev–Trinajstić information content (AvgIpc) is 3.02. The second kappa shape index (κ2) is 15.6. The van der Waals surface area contributed by atoms with Gasteiger partial charge in [0.1, 0.15) is 18.3 Å². The van der Waals surface area contributed by atoms with E-state index in [-0.39, 0.29) is 23.4 Å². The molecule has 10 heteroatoms. The summed E-state index contributed by atoms with van der Waals surface area (Å²) >= 11 is 3.37. The molecule has 0 saturated heterocycles. The third-order valence-electron chi connectivity index (χ3n) is 8.06. The molecular formula is C34H42BrN3O5S. The van der Waals surface area contributed by atoms with Gasteiger partial charge in [-0.2, -0.15) is 0 Å². The predicted octanol–water partition coefficient (Wildman–Crippen LogP) is 6.61. The molecule has 0 aliphatic heterocycles. The summed E-state index contributed by atoms with van der Waals surface area (Å²) in [7, 11) is -4.16. The van der Waals surface area contributed by atoms with E-state index in [2.05, 4.69) is 21.2 Å². The van der Waals surface area contributed by atoms with Crippen molar-refractivity contribution < 1.29 is 22.7 Å². The Kier molecular flexibility index (Phi) is 11.9. The highest BCUT2D eigenvalue weighted by Crippen LogP contribution is 2.28. The number of nitrogens with zero attached hydrogens (tertiary/aromatic N) is 2. The molecule has 1 saturated carbocycles. The van der Waals surface area contributed by atoms with Crippen LogP contribution in [0.4, 0.5) is 5.69 Å². The van der Waals surface area contributed by atoms with Gasteiger partial charge in [0.15, 0.2) is 0 Å². The van der Waals surface area contributed by atoms with Crippen LogP contribution in [0.2, 0.25) is 0 Å². The summed E-state index contributed by atoms with van der Waals surface area (Å²) in [5.74, 6) is -0.0756. The largest absolute Gasteiger partial charge is 0.494 e. The van der Waals surface area contributed by atoms with Crippen molar-refractivity contribution in [3.8, 4) is 5.75 Å². The van der Waals surface area contributed by atoms with E-state index in [1.807, 2.05) is 45.0 Å². The summed E-state index contributed by atoms with van der Waals surface area (Å²) < 4.78 is 35.6. The molecule has 3 aromatic rings. The van der Waals surface area contributed by atoms with E-state index in [9.17, 15) is 18.0 Å². The first-order valence-corrected chi connectivity index (χ1v) is 17.5. The Morgan fingerprint density at radius 2 is 1.61 bits per heavy atom. The van der Waals surface area contributed by atoms with Gasteiger partial charge >= 0.3 is 0 Å². The van der Waals surface area contributed by atoms with Gasteiger partial charge in [0.05, 0.1) is 17.2 Å². The minimum atomic E-state index is -4.16. The van der Waals surface area contributed by atoms with Crippen LogP contribution in [0.25, 0.3) is 0 Å². The maximum absolute atomic E-state index is 14.3. The molecule has 0 spiro atoms. The first-order chi connectivity index (χ1) is 21.1. The number of nitrogens with one attached hydrogen (secondary N) is 1. The lowest BCUT2D eigenvalue weighted by atomic mass is 9.95. The molecule has 4 rings (SSSR count). The second-order valence-electron chi connectivity index (χ2n) is 11.1. The monoisotopic (exact) mass is 683 g/mol. The van der Waals surface area contributed by atoms with Crippen molar-refractivity contribution in [2.45, 2.75) is 82.8 Å². The molecule has 0 heterocycles. The predicted molar refractivity (Wildman–Crippen MR) is 177 cm³/mol. The minimum Gasteiger partial charge on any atom is -0.494 e. The number of carbonyl (C=O) groups excluding carboxylic acids is 2. The molecule has 44 heavy (non-hydrogen) atoms. The van der Waals surface area contributed by atoms with Crippen LogP contribution in [0.1, 0.15) is 63.5 Å². The zero-order chi connectivity index (χ0) is 31.7. The van der Waals surface area contributed by atoms with E-state index in [1.165, 1.54) is 12.1 Å². The molecular weight excluding hydrogens is 642 g/mol. The van der Waals surface area contributed by atoms with Crippen molar-refractivity contribution in [2.75, 3.05) is 17.5 Å². The summed E-state index contributed by atoms with van der Waals surface area (Å²) in [6.07, 6.45) is 5.53. The Morgan fingerprint density at radius 1 is 0.955 bits per heavy atom. The molecule has 3 aromatic carbocycles. The fraction of sp³-hybridized carbons (Fsp3) is 0.412. The molecule has 8 nitrogen and oxygen atoms in total. The topological polar surface area (TPSA) is 96.0 Å². The van der Waals surface area contributed by atoms with Crippen molar-refractivity contribution in [3.05, 3.63) is 88.4 Å². The van der Waals surface area contributed by atoms with Crippen LogP contribution in [0.3, 0.4) is 0 Å². The van der Waals surface area contributed by atoms with Gasteiger partial charge in [-0.3, -0.25) is 13.9 Å². The highest BCUT2D eigenvalue weighted by Gasteiger charge is 2.34. The van der Waals surface area contributed by atoms with Crippen LogP contribution >= 0.6 is 15.9 Å². The number of anilines is 1. The Balaban J connectivity index is 1.71. The van der Waals surface area contributed by atoms with Crippen LogP contribution in [0.15, 0.2) is 82.2 Å². The molecule has 0 aromatic heterocycles. The van der Waals surface area contributed by atoms with Gasteiger partial charge in [-0.05, 0) is 92.8 Å². The molecule has 1 aliphatic rings. The van der Waals surface area contributed by atoms with Gasteiger partial charge in [-0.15, -0.1) is 0 Å².